The van der Waals surface area contributed by atoms with Crippen molar-refractivity contribution in [2.75, 3.05) is 18.5 Å². The molecule has 28 heavy (non-hydrogen) atoms. The van der Waals surface area contributed by atoms with Crippen molar-refractivity contribution >= 4 is 15.7 Å². The van der Waals surface area contributed by atoms with Crippen LogP contribution in [0.1, 0.15) is 11.1 Å². The lowest BCUT2D eigenvalue weighted by Crippen LogP contribution is -2.31. The van der Waals surface area contributed by atoms with Gasteiger partial charge in [-0.15, -0.1) is 0 Å². The van der Waals surface area contributed by atoms with E-state index in [1.165, 1.54) is 11.4 Å². The summed E-state index contributed by atoms with van der Waals surface area (Å²) in [5, 5.41) is 0. The van der Waals surface area contributed by atoms with E-state index >= 15 is 0 Å². The topological polar surface area (TPSA) is 55.8 Å². The van der Waals surface area contributed by atoms with E-state index in [-0.39, 0.29) is 11.4 Å². The third-order valence-corrected chi connectivity index (χ3v) is 6.22. The van der Waals surface area contributed by atoms with Gasteiger partial charge in [-0.3, -0.25) is 4.31 Å². The Labute approximate surface area is 166 Å². The number of anilines is 1. The number of para-hydroxylation sites is 2. The summed E-state index contributed by atoms with van der Waals surface area (Å²) in [6.07, 6.45) is 0. The summed E-state index contributed by atoms with van der Waals surface area (Å²) in [7, 11) is -0.748. The lowest BCUT2D eigenvalue weighted by Gasteiger charge is -2.26. The van der Waals surface area contributed by atoms with E-state index in [0.29, 0.717) is 17.2 Å². The Bertz CT molecular complexity index is 1030. The molecule has 0 fully saturated rings. The fourth-order valence-electron chi connectivity index (χ4n) is 2.87. The molecule has 0 radical (unpaired) electrons. The lowest BCUT2D eigenvalue weighted by molar-refractivity contribution is 0.414. The monoisotopic (exact) mass is 397 g/mol. The molecule has 3 aromatic rings. The highest BCUT2D eigenvalue weighted by Gasteiger charge is 2.27. The molecule has 0 aliphatic heterocycles. The third-order valence-electron chi connectivity index (χ3n) is 4.45. The zero-order valence-corrected chi connectivity index (χ0v) is 16.9. The second-order valence-electron chi connectivity index (χ2n) is 6.34. The summed E-state index contributed by atoms with van der Waals surface area (Å²) in [6.45, 7) is 2.19. The molecule has 0 aromatic heterocycles. The molecule has 0 aliphatic carbocycles. The number of sulfonamides is 1. The van der Waals surface area contributed by atoms with Crippen LogP contribution < -0.4 is 13.8 Å². The number of hydrogen-bond acceptors (Lipinski definition) is 4. The largest absolute Gasteiger partial charge is 0.497 e. The first-order valence-corrected chi connectivity index (χ1v) is 10.2. The minimum absolute atomic E-state index is 0.186. The van der Waals surface area contributed by atoms with Crippen LogP contribution in [-0.2, 0) is 16.6 Å². The van der Waals surface area contributed by atoms with Gasteiger partial charge in [0, 0.05) is 0 Å². The fraction of sp³-hybridized carbons (Fsp3) is 0.182. The quantitative estimate of drug-likeness (QED) is 0.593. The Balaban J connectivity index is 2.09. The van der Waals surface area contributed by atoms with Gasteiger partial charge in [-0.25, -0.2) is 8.42 Å². The van der Waals surface area contributed by atoms with Crippen LogP contribution >= 0.6 is 0 Å². The molecule has 0 atom stereocenters. The zero-order valence-electron chi connectivity index (χ0n) is 16.1. The number of ether oxygens (including phenoxy) is 2. The van der Waals surface area contributed by atoms with Gasteiger partial charge in [0.05, 0.1) is 31.3 Å². The molecule has 0 heterocycles. The van der Waals surface area contributed by atoms with Crippen LogP contribution in [0.3, 0.4) is 0 Å². The second-order valence-corrected chi connectivity index (χ2v) is 8.21. The molecular formula is C22H23NO4S. The first-order chi connectivity index (χ1) is 13.5. The Morgan fingerprint density at radius 2 is 1.46 bits per heavy atom. The molecule has 0 bridgehead atoms. The minimum Gasteiger partial charge on any atom is -0.497 e. The van der Waals surface area contributed by atoms with E-state index in [1.807, 2.05) is 37.3 Å². The Morgan fingerprint density at radius 3 is 2.07 bits per heavy atom. The second kappa shape index (κ2) is 8.35. The average molecular weight is 397 g/mol. The Morgan fingerprint density at radius 1 is 0.821 bits per heavy atom. The van der Waals surface area contributed by atoms with Gasteiger partial charge in [0.25, 0.3) is 10.0 Å². The summed E-state index contributed by atoms with van der Waals surface area (Å²) in [5.74, 6) is 1.09. The van der Waals surface area contributed by atoms with Crippen molar-refractivity contribution in [1.29, 1.82) is 0 Å². The molecule has 0 aliphatic rings. The first kappa shape index (κ1) is 19.8. The van der Waals surface area contributed by atoms with Crippen molar-refractivity contribution in [2.24, 2.45) is 0 Å². The highest BCUT2D eigenvalue weighted by molar-refractivity contribution is 7.92. The van der Waals surface area contributed by atoms with E-state index in [9.17, 15) is 8.42 Å². The van der Waals surface area contributed by atoms with Crippen molar-refractivity contribution in [3.63, 3.8) is 0 Å². The van der Waals surface area contributed by atoms with Gasteiger partial charge in [-0.2, -0.15) is 0 Å². The third kappa shape index (κ3) is 4.12. The smallest absolute Gasteiger partial charge is 0.264 e. The summed E-state index contributed by atoms with van der Waals surface area (Å²) in [4.78, 5) is 0.186. The van der Waals surface area contributed by atoms with Crippen LogP contribution in [0.25, 0.3) is 0 Å². The van der Waals surface area contributed by atoms with Crippen LogP contribution in [0.5, 0.6) is 11.5 Å². The molecule has 0 spiro atoms. The average Bonchev–Trinajstić information content (AvgIpc) is 2.73. The molecule has 3 rings (SSSR count). The van der Waals surface area contributed by atoms with Crippen molar-refractivity contribution in [3.8, 4) is 11.5 Å². The number of nitrogens with zero attached hydrogens (tertiary/aromatic N) is 1. The predicted molar refractivity (Wildman–Crippen MR) is 111 cm³/mol. The molecule has 0 amide bonds. The molecule has 146 valence electrons. The summed E-state index contributed by atoms with van der Waals surface area (Å²) >= 11 is 0. The summed E-state index contributed by atoms with van der Waals surface area (Å²) in [5.41, 5.74) is 2.49. The van der Waals surface area contributed by atoms with Gasteiger partial charge < -0.3 is 9.47 Å². The lowest BCUT2D eigenvalue weighted by atomic mass is 10.1. The number of hydrogen-bond donors (Lipinski definition) is 0. The SMILES string of the molecule is COc1ccc(S(=O)(=O)N(Cc2ccc(C)cc2)c2ccccc2OC)cc1. The van der Waals surface area contributed by atoms with Crippen LogP contribution in [0.15, 0.2) is 77.7 Å². The van der Waals surface area contributed by atoms with Gasteiger partial charge in [0.2, 0.25) is 0 Å². The van der Waals surface area contributed by atoms with Crippen molar-refractivity contribution in [2.45, 2.75) is 18.4 Å². The standard InChI is InChI=1S/C22H23NO4S/c1-17-8-10-18(11-9-17)16-23(21-6-4-5-7-22(21)27-3)28(24,25)20-14-12-19(26-2)13-15-20/h4-15H,16H2,1-3H3. The molecule has 5 nitrogen and oxygen atoms in total. The molecular weight excluding hydrogens is 374 g/mol. The fourth-order valence-corrected chi connectivity index (χ4v) is 4.33. The Kier molecular flexibility index (Phi) is 5.90. The number of benzene rings is 3. The number of methoxy groups -OCH3 is 2. The van der Waals surface area contributed by atoms with Crippen LogP contribution in [0.4, 0.5) is 5.69 Å². The van der Waals surface area contributed by atoms with Gasteiger partial charge in [-0.1, -0.05) is 42.0 Å². The molecule has 6 heteroatoms. The van der Waals surface area contributed by atoms with Crippen LogP contribution in [0, 0.1) is 6.92 Å². The van der Waals surface area contributed by atoms with E-state index in [4.69, 9.17) is 9.47 Å². The van der Waals surface area contributed by atoms with Gasteiger partial charge in [-0.05, 0) is 48.9 Å². The maximum absolute atomic E-state index is 13.5. The van der Waals surface area contributed by atoms with E-state index in [2.05, 4.69) is 0 Å². The summed E-state index contributed by atoms with van der Waals surface area (Å²) < 4.78 is 38.9. The highest BCUT2D eigenvalue weighted by atomic mass is 32.2. The van der Waals surface area contributed by atoms with Gasteiger partial charge in [0.1, 0.15) is 11.5 Å². The molecule has 0 N–H and O–H groups in total. The van der Waals surface area contributed by atoms with Crippen LogP contribution in [-0.4, -0.2) is 22.6 Å². The highest BCUT2D eigenvalue weighted by Crippen LogP contribution is 2.34. The molecule has 3 aromatic carbocycles. The van der Waals surface area contributed by atoms with Crippen LogP contribution in [0.2, 0.25) is 0 Å². The van der Waals surface area contributed by atoms with E-state index < -0.39 is 10.0 Å². The number of rotatable bonds is 7. The van der Waals surface area contributed by atoms with Crippen molar-refractivity contribution < 1.29 is 17.9 Å². The van der Waals surface area contributed by atoms with Crippen molar-refractivity contribution in [3.05, 3.63) is 83.9 Å². The normalized spacial score (nSPS) is 11.1. The first-order valence-electron chi connectivity index (χ1n) is 8.81. The van der Waals surface area contributed by atoms with Gasteiger partial charge >= 0.3 is 0 Å². The zero-order chi connectivity index (χ0) is 20.1. The predicted octanol–water partition coefficient (Wildman–Crippen LogP) is 4.41. The maximum atomic E-state index is 13.5. The van der Waals surface area contributed by atoms with E-state index in [0.717, 1.165) is 11.1 Å². The molecule has 0 saturated heterocycles. The Hall–Kier alpha value is -2.99. The van der Waals surface area contributed by atoms with E-state index in [1.54, 1.807) is 49.6 Å². The summed E-state index contributed by atoms with van der Waals surface area (Å²) in [6, 6.07) is 21.3. The number of aryl methyl sites for hydroxylation is 1. The molecule has 0 unspecified atom stereocenters. The van der Waals surface area contributed by atoms with Gasteiger partial charge in [0.15, 0.2) is 0 Å². The van der Waals surface area contributed by atoms with Crippen molar-refractivity contribution in [1.82, 2.24) is 0 Å². The molecule has 0 saturated carbocycles. The minimum atomic E-state index is -3.82. The maximum Gasteiger partial charge on any atom is 0.264 e.